The van der Waals surface area contributed by atoms with E-state index in [-0.39, 0.29) is 0 Å². The molecule has 109 valence electrons. The van der Waals surface area contributed by atoms with Gasteiger partial charge in [0.1, 0.15) is 10.5 Å². The van der Waals surface area contributed by atoms with Crippen molar-refractivity contribution in [2.75, 3.05) is 0 Å². The summed E-state index contributed by atoms with van der Waals surface area (Å²) in [4.78, 5) is 9.07. The number of hydrogen-bond donors (Lipinski definition) is 0. The van der Waals surface area contributed by atoms with Crippen molar-refractivity contribution in [2.45, 2.75) is 6.42 Å². The van der Waals surface area contributed by atoms with Crippen LogP contribution < -0.4 is 0 Å². The van der Waals surface area contributed by atoms with E-state index in [0.717, 1.165) is 27.5 Å². The van der Waals surface area contributed by atoms with Gasteiger partial charge in [0.05, 0.1) is 16.6 Å². The van der Waals surface area contributed by atoms with Crippen LogP contribution in [0.25, 0.3) is 21.3 Å². The second-order valence-corrected chi connectivity index (χ2v) is 5.53. The highest BCUT2D eigenvalue weighted by molar-refractivity contribution is 7.18. The Morgan fingerprint density at radius 1 is 0.955 bits per heavy atom. The summed E-state index contributed by atoms with van der Waals surface area (Å²) in [7, 11) is -1.00. The van der Waals surface area contributed by atoms with Gasteiger partial charge in [-0.05, 0) is 24.3 Å². The first-order valence-corrected chi connectivity index (χ1v) is 7.33. The van der Waals surface area contributed by atoms with Crippen LogP contribution in [0.1, 0.15) is 10.9 Å². The zero-order valence-electron chi connectivity index (χ0n) is 11.4. The first-order valence-electron chi connectivity index (χ1n) is 6.51. The van der Waals surface area contributed by atoms with Crippen LogP contribution in [0.2, 0.25) is 0 Å². The highest BCUT2D eigenvalue weighted by Crippen LogP contribution is 2.24. The fourth-order valence-corrected chi connectivity index (χ4v) is 3.08. The van der Waals surface area contributed by atoms with E-state index in [4.69, 9.17) is 4.42 Å². The van der Waals surface area contributed by atoms with Crippen LogP contribution in [-0.2, 0) is 6.42 Å². The second-order valence-electron chi connectivity index (χ2n) is 4.41. The summed E-state index contributed by atoms with van der Waals surface area (Å²) in [5.41, 5.74) is 2.77. The molecule has 2 heterocycles. The van der Waals surface area contributed by atoms with Crippen molar-refractivity contribution < 1.29 is 13.0 Å². The molecule has 0 atom stereocenters. The molecule has 0 saturated carbocycles. The van der Waals surface area contributed by atoms with Crippen LogP contribution in [0.3, 0.4) is 0 Å². The minimum Gasteiger partial charge on any atom is -0.440 e. The Morgan fingerprint density at radius 3 is 2.36 bits per heavy atom. The van der Waals surface area contributed by atoms with Crippen LogP contribution in [0, 0.1) is 0 Å². The van der Waals surface area contributed by atoms with Gasteiger partial charge in [-0.1, -0.05) is 24.3 Å². The number of nitrogens with zero attached hydrogens (tertiary/aromatic N) is 2. The third-order valence-electron chi connectivity index (χ3n) is 2.98. The maximum Gasteiger partial charge on any atom is 0.577 e. The van der Waals surface area contributed by atoms with Gasteiger partial charge in [0.15, 0.2) is 5.58 Å². The van der Waals surface area contributed by atoms with E-state index in [2.05, 4.69) is 16.0 Å². The van der Waals surface area contributed by atoms with Crippen LogP contribution >= 0.6 is 11.3 Å². The number of hydrogen-bond acceptors (Lipinski definition) is 4. The molecular formula is C15H10BF2N2OS. The van der Waals surface area contributed by atoms with Gasteiger partial charge in [-0.2, -0.15) is 0 Å². The first kappa shape index (κ1) is 14.7. The molecule has 0 N–H and O–H groups in total. The van der Waals surface area contributed by atoms with Crippen LogP contribution in [0.4, 0.5) is 8.63 Å². The van der Waals surface area contributed by atoms with Gasteiger partial charge >= 0.3 is 7.83 Å². The zero-order valence-corrected chi connectivity index (χ0v) is 12.2. The molecule has 4 aromatic rings. The Balaban J connectivity index is 0.000000446. The summed E-state index contributed by atoms with van der Waals surface area (Å²) in [5.74, 6) is 0.722. The molecule has 22 heavy (non-hydrogen) atoms. The van der Waals surface area contributed by atoms with Gasteiger partial charge in [-0.15, -0.1) is 11.3 Å². The van der Waals surface area contributed by atoms with Gasteiger partial charge < -0.3 is 4.42 Å². The van der Waals surface area contributed by atoms with Crippen molar-refractivity contribution in [3.8, 4) is 0 Å². The Hall–Kier alpha value is -2.28. The molecule has 0 unspecified atom stereocenters. The molecule has 7 heteroatoms. The molecular weight excluding hydrogens is 305 g/mol. The average molecular weight is 315 g/mol. The molecule has 1 radical (unpaired) electrons. The van der Waals surface area contributed by atoms with Crippen LogP contribution in [0.15, 0.2) is 52.9 Å². The van der Waals surface area contributed by atoms with Crippen molar-refractivity contribution in [2.24, 2.45) is 0 Å². The van der Waals surface area contributed by atoms with E-state index in [1.165, 1.54) is 4.70 Å². The molecule has 0 fully saturated rings. The number of halogens is 2. The highest BCUT2D eigenvalue weighted by atomic mass is 32.1. The molecule has 0 amide bonds. The van der Waals surface area contributed by atoms with Gasteiger partial charge in [0.25, 0.3) is 0 Å². The maximum absolute atomic E-state index is 9.50. The highest BCUT2D eigenvalue weighted by Gasteiger charge is 2.09. The van der Waals surface area contributed by atoms with E-state index < -0.39 is 7.83 Å². The molecule has 0 aliphatic carbocycles. The topological polar surface area (TPSA) is 38.9 Å². The molecule has 2 aromatic carbocycles. The first-order chi connectivity index (χ1) is 10.8. The molecule has 0 saturated heterocycles. The van der Waals surface area contributed by atoms with Crippen molar-refractivity contribution in [1.82, 2.24) is 9.97 Å². The number of thiazole rings is 1. The predicted molar refractivity (Wildman–Crippen MR) is 84.4 cm³/mol. The van der Waals surface area contributed by atoms with Gasteiger partial charge in [0, 0.05) is 0 Å². The number of para-hydroxylation sites is 3. The standard InChI is InChI=1S/C15H10N2OS.BF2/c1-3-7-12-10(5-1)16-14(18-12)9-15-17-11-6-2-4-8-13(11)19-15;2-1-3/h1-8H,9H2;. The second kappa shape index (κ2) is 6.66. The molecule has 3 nitrogen and oxygen atoms in total. The lowest BCUT2D eigenvalue weighted by Gasteiger charge is -1.88. The predicted octanol–water partition coefficient (Wildman–Crippen LogP) is 4.49. The SMILES string of the molecule is F[B]F.c1ccc2oc(Cc3nc4ccccc4s3)nc2c1. The molecule has 2 aromatic heterocycles. The van der Waals surface area contributed by atoms with Gasteiger partial charge in [-0.25, -0.2) is 9.97 Å². The van der Waals surface area contributed by atoms with E-state index in [0.29, 0.717) is 6.42 Å². The minimum atomic E-state index is -1.00. The molecule has 0 spiro atoms. The van der Waals surface area contributed by atoms with Crippen LogP contribution in [0.5, 0.6) is 0 Å². The Labute approximate surface area is 130 Å². The maximum atomic E-state index is 9.50. The summed E-state index contributed by atoms with van der Waals surface area (Å²) >= 11 is 1.69. The van der Waals surface area contributed by atoms with Crippen molar-refractivity contribution in [3.63, 3.8) is 0 Å². The van der Waals surface area contributed by atoms with Crippen molar-refractivity contribution >= 4 is 40.5 Å². The lowest BCUT2D eigenvalue weighted by Crippen LogP contribution is -1.85. The number of aromatic nitrogens is 2. The quantitative estimate of drug-likeness (QED) is 0.512. The fraction of sp³-hybridized carbons (Fsp3) is 0.0667. The summed E-state index contributed by atoms with van der Waals surface area (Å²) < 4.78 is 25.9. The normalized spacial score (nSPS) is 10.5. The molecule has 0 aliphatic heterocycles. The van der Waals surface area contributed by atoms with E-state index in [1.54, 1.807) is 11.3 Å². The van der Waals surface area contributed by atoms with Crippen molar-refractivity contribution in [1.29, 1.82) is 0 Å². The van der Waals surface area contributed by atoms with Crippen molar-refractivity contribution in [3.05, 3.63) is 59.4 Å². The Morgan fingerprint density at radius 2 is 1.64 bits per heavy atom. The smallest absolute Gasteiger partial charge is 0.440 e. The summed E-state index contributed by atoms with van der Waals surface area (Å²) in [6.45, 7) is 0. The average Bonchev–Trinajstić information content (AvgIpc) is 3.10. The van der Waals surface area contributed by atoms with E-state index >= 15 is 0 Å². The number of oxazole rings is 1. The number of rotatable bonds is 2. The summed E-state index contributed by atoms with van der Waals surface area (Å²) in [5, 5.41) is 1.03. The minimum absolute atomic E-state index is 0.647. The lowest BCUT2D eigenvalue weighted by atomic mass is 10.3. The third kappa shape index (κ3) is 3.14. The fourth-order valence-electron chi connectivity index (χ4n) is 2.12. The summed E-state index contributed by atoms with van der Waals surface area (Å²) in [6.07, 6.45) is 0.647. The zero-order chi connectivity index (χ0) is 15.4. The number of benzene rings is 2. The molecule has 0 aliphatic rings. The molecule has 4 rings (SSSR count). The third-order valence-corrected chi connectivity index (χ3v) is 4.02. The van der Waals surface area contributed by atoms with E-state index in [1.807, 2.05) is 42.5 Å². The molecule has 0 bridgehead atoms. The van der Waals surface area contributed by atoms with Crippen LogP contribution in [-0.4, -0.2) is 17.8 Å². The van der Waals surface area contributed by atoms with Gasteiger partial charge in [-0.3, -0.25) is 8.63 Å². The number of fused-ring (bicyclic) bond motifs is 2. The Kier molecular flexibility index (Phi) is 4.43. The monoisotopic (exact) mass is 315 g/mol. The van der Waals surface area contributed by atoms with E-state index in [9.17, 15) is 8.63 Å². The van der Waals surface area contributed by atoms with Gasteiger partial charge in [0.2, 0.25) is 5.89 Å². The lowest BCUT2D eigenvalue weighted by molar-refractivity contribution is 0.544. The Bertz CT molecular complexity index is 755. The summed E-state index contributed by atoms with van der Waals surface area (Å²) in [6, 6.07) is 16.0. The largest absolute Gasteiger partial charge is 0.577 e.